The molecule has 1 N–H and O–H groups in total. The average molecular weight is 236 g/mol. The number of hydrogen-bond donors (Lipinski definition) is 1. The molecule has 1 radical (unpaired) electrons. The van der Waals surface area contributed by atoms with Crippen LogP contribution < -0.4 is 0 Å². The second-order valence-corrected chi connectivity index (χ2v) is 2.83. The van der Waals surface area contributed by atoms with Crippen LogP contribution in [0.25, 0.3) is 10.8 Å². The van der Waals surface area contributed by atoms with Crippen LogP contribution in [-0.4, -0.2) is 11.1 Å². The molecule has 0 bridgehead atoms. The fourth-order valence-corrected chi connectivity index (χ4v) is 1.41. The summed E-state index contributed by atoms with van der Waals surface area (Å²) in [4.78, 5) is 10.8. The zero-order valence-electron chi connectivity index (χ0n) is 7.20. The van der Waals surface area contributed by atoms with Gasteiger partial charge in [-0.05, 0) is 16.8 Å². The van der Waals surface area contributed by atoms with Gasteiger partial charge in [0, 0.05) is 17.1 Å². The minimum absolute atomic E-state index is 0. The molecule has 0 aliphatic rings. The molecule has 14 heavy (non-hydrogen) atoms. The molecular weight excluding hydrogens is 228 g/mol. The van der Waals surface area contributed by atoms with E-state index < -0.39 is 5.97 Å². The normalized spacial score (nSPS) is 9.43. The molecule has 2 nitrogen and oxygen atoms in total. The van der Waals surface area contributed by atoms with E-state index in [0.29, 0.717) is 5.56 Å². The molecule has 0 saturated heterocycles. The second kappa shape index (κ2) is 4.27. The number of carboxylic acids is 1. The van der Waals surface area contributed by atoms with Crippen molar-refractivity contribution < 1.29 is 27.0 Å². The third-order valence-corrected chi connectivity index (χ3v) is 2.02. The van der Waals surface area contributed by atoms with Crippen LogP contribution in [0.2, 0.25) is 0 Å². The van der Waals surface area contributed by atoms with Crippen LogP contribution >= 0.6 is 0 Å². The van der Waals surface area contributed by atoms with Gasteiger partial charge in [0.15, 0.2) is 0 Å². The summed E-state index contributed by atoms with van der Waals surface area (Å²) < 4.78 is 0. The van der Waals surface area contributed by atoms with Crippen LogP contribution in [-0.2, 0) is 17.1 Å². The number of fused-ring (bicyclic) bond motifs is 1. The summed E-state index contributed by atoms with van der Waals surface area (Å²) in [6.07, 6.45) is 0. The van der Waals surface area contributed by atoms with Crippen molar-refractivity contribution in [2.24, 2.45) is 0 Å². The van der Waals surface area contributed by atoms with Gasteiger partial charge in [0.25, 0.3) is 0 Å². The van der Waals surface area contributed by atoms with Crippen LogP contribution in [0.5, 0.6) is 0 Å². The van der Waals surface area contributed by atoms with Gasteiger partial charge in [-0.1, -0.05) is 36.4 Å². The van der Waals surface area contributed by atoms with Crippen LogP contribution in [0.4, 0.5) is 0 Å². The summed E-state index contributed by atoms with van der Waals surface area (Å²) >= 11 is 0. The maximum absolute atomic E-state index is 10.8. The monoisotopic (exact) mass is 235 g/mol. The van der Waals surface area contributed by atoms with Crippen molar-refractivity contribution in [1.82, 2.24) is 0 Å². The SMILES string of the molecule is O=C(O)c1cccc2ccccc12.[Cu]. The maximum Gasteiger partial charge on any atom is 0.336 e. The molecular formula is C11H8CuO2. The van der Waals surface area contributed by atoms with E-state index in [1.54, 1.807) is 12.1 Å². The van der Waals surface area contributed by atoms with Gasteiger partial charge in [0.05, 0.1) is 5.56 Å². The summed E-state index contributed by atoms with van der Waals surface area (Å²) in [6, 6.07) is 12.7. The van der Waals surface area contributed by atoms with Crippen molar-refractivity contribution in [3.8, 4) is 0 Å². The molecule has 0 atom stereocenters. The Kier molecular flexibility index (Phi) is 3.28. The van der Waals surface area contributed by atoms with Crippen molar-refractivity contribution >= 4 is 16.7 Å². The molecule has 0 saturated carbocycles. The first kappa shape index (κ1) is 10.8. The molecule has 0 fully saturated rings. The van der Waals surface area contributed by atoms with Crippen molar-refractivity contribution in [1.29, 1.82) is 0 Å². The van der Waals surface area contributed by atoms with E-state index in [-0.39, 0.29) is 17.1 Å². The van der Waals surface area contributed by atoms with Crippen molar-refractivity contribution in [3.63, 3.8) is 0 Å². The van der Waals surface area contributed by atoms with Crippen molar-refractivity contribution in [2.45, 2.75) is 0 Å². The Morgan fingerprint density at radius 3 is 2.36 bits per heavy atom. The standard InChI is InChI=1S/C11H8O2.Cu/c12-11(13)10-7-3-5-8-4-1-2-6-9(8)10;/h1-7H,(H,12,13);. The Balaban J connectivity index is 0.000000980. The third-order valence-electron chi connectivity index (χ3n) is 2.02. The van der Waals surface area contributed by atoms with Crippen molar-refractivity contribution in [2.75, 3.05) is 0 Å². The van der Waals surface area contributed by atoms with E-state index in [2.05, 4.69) is 0 Å². The molecule has 0 unspecified atom stereocenters. The van der Waals surface area contributed by atoms with Crippen LogP contribution in [0, 0.1) is 0 Å². The van der Waals surface area contributed by atoms with E-state index in [1.807, 2.05) is 30.3 Å². The molecule has 2 aromatic carbocycles. The molecule has 75 valence electrons. The fourth-order valence-electron chi connectivity index (χ4n) is 1.41. The van der Waals surface area contributed by atoms with Crippen LogP contribution in [0.3, 0.4) is 0 Å². The van der Waals surface area contributed by atoms with E-state index in [4.69, 9.17) is 5.11 Å². The van der Waals surface area contributed by atoms with Crippen LogP contribution in [0.1, 0.15) is 10.4 Å². The van der Waals surface area contributed by atoms with E-state index in [9.17, 15) is 4.79 Å². The number of rotatable bonds is 1. The summed E-state index contributed by atoms with van der Waals surface area (Å²) in [6.45, 7) is 0. The molecule has 0 aliphatic heterocycles. The van der Waals surface area contributed by atoms with Gasteiger partial charge in [-0.2, -0.15) is 0 Å². The quantitative estimate of drug-likeness (QED) is 0.772. The van der Waals surface area contributed by atoms with E-state index in [1.165, 1.54) is 0 Å². The number of benzene rings is 2. The fraction of sp³-hybridized carbons (Fsp3) is 0. The van der Waals surface area contributed by atoms with Crippen molar-refractivity contribution in [3.05, 3.63) is 48.0 Å². The minimum Gasteiger partial charge on any atom is -0.478 e. The number of carbonyl (C=O) groups is 1. The predicted octanol–water partition coefficient (Wildman–Crippen LogP) is 2.54. The van der Waals surface area contributed by atoms with Gasteiger partial charge < -0.3 is 5.11 Å². The molecule has 2 aromatic rings. The molecule has 0 spiro atoms. The molecule has 0 heterocycles. The topological polar surface area (TPSA) is 37.3 Å². The van der Waals surface area contributed by atoms with Gasteiger partial charge in [-0.3, -0.25) is 0 Å². The largest absolute Gasteiger partial charge is 0.478 e. The van der Waals surface area contributed by atoms with Gasteiger partial charge in [0.1, 0.15) is 0 Å². The van der Waals surface area contributed by atoms with Gasteiger partial charge in [-0.15, -0.1) is 0 Å². The number of aromatic carboxylic acids is 1. The summed E-state index contributed by atoms with van der Waals surface area (Å²) in [5.74, 6) is -0.878. The Morgan fingerprint density at radius 2 is 1.64 bits per heavy atom. The Morgan fingerprint density at radius 1 is 1.00 bits per heavy atom. The zero-order chi connectivity index (χ0) is 9.26. The molecule has 2 rings (SSSR count). The second-order valence-electron chi connectivity index (χ2n) is 2.83. The predicted molar refractivity (Wildman–Crippen MR) is 50.9 cm³/mol. The Labute approximate surface area is 92.0 Å². The van der Waals surface area contributed by atoms with E-state index >= 15 is 0 Å². The molecule has 0 aromatic heterocycles. The zero-order valence-corrected chi connectivity index (χ0v) is 8.14. The molecule has 0 aliphatic carbocycles. The first-order valence-corrected chi connectivity index (χ1v) is 4.00. The smallest absolute Gasteiger partial charge is 0.336 e. The van der Waals surface area contributed by atoms with Gasteiger partial charge in [0.2, 0.25) is 0 Å². The first-order chi connectivity index (χ1) is 6.29. The minimum atomic E-state index is -0.878. The maximum atomic E-state index is 10.8. The number of hydrogen-bond acceptors (Lipinski definition) is 1. The van der Waals surface area contributed by atoms with E-state index in [0.717, 1.165) is 10.8 Å². The summed E-state index contributed by atoms with van der Waals surface area (Å²) in [7, 11) is 0. The van der Waals surface area contributed by atoms with Crippen LogP contribution in [0.15, 0.2) is 42.5 Å². The molecule has 0 amide bonds. The molecule has 3 heteroatoms. The Hall–Kier alpha value is -1.31. The average Bonchev–Trinajstić information content (AvgIpc) is 2.17. The van der Waals surface area contributed by atoms with Gasteiger partial charge in [-0.25, -0.2) is 4.79 Å². The Bertz CT molecular complexity index is 460. The van der Waals surface area contributed by atoms with Gasteiger partial charge >= 0.3 is 5.97 Å². The summed E-state index contributed by atoms with van der Waals surface area (Å²) in [5.41, 5.74) is 0.359. The first-order valence-electron chi connectivity index (χ1n) is 4.00. The third kappa shape index (κ3) is 1.79. The number of carboxylic acid groups (broad SMARTS) is 1. The summed E-state index contributed by atoms with van der Waals surface area (Å²) in [5, 5.41) is 10.6.